The minimum absolute atomic E-state index is 0.0511. The van der Waals surface area contributed by atoms with Crippen molar-refractivity contribution in [3.63, 3.8) is 0 Å². The Hall–Kier alpha value is -2.09. The molecular weight excluding hydrogens is 251 g/mol. The van der Waals surface area contributed by atoms with Gasteiger partial charge in [-0.05, 0) is 30.3 Å². The number of anilines is 2. The van der Waals surface area contributed by atoms with Crippen molar-refractivity contribution in [3.8, 4) is 0 Å². The van der Waals surface area contributed by atoms with E-state index in [0.29, 0.717) is 0 Å². The number of sulfonamides is 1. The monoisotopic (exact) mass is 262 g/mol. The maximum absolute atomic E-state index is 12.0. The number of nitrogens with zero attached hydrogens (tertiary/aromatic N) is 2. The van der Waals surface area contributed by atoms with Crippen LogP contribution in [0.15, 0.2) is 47.6 Å². The molecule has 0 amide bonds. The van der Waals surface area contributed by atoms with Gasteiger partial charge in [-0.2, -0.15) is 0 Å². The molecule has 92 valence electrons. The Morgan fingerprint density at radius 3 is 2.22 bits per heavy atom. The van der Waals surface area contributed by atoms with Crippen molar-refractivity contribution in [3.05, 3.63) is 42.7 Å². The molecule has 2 rings (SSSR count). The van der Waals surface area contributed by atoms with Crippen LogP contribution in [0.3, 0.4) is 0 Å². The summed E-state index contributed by atoms with van der Waals surface area (Å²) >= 11 is 0. The van der Waals surface area contributed by atoms with Crippen molar-refractivity contribution >= 4 is 29.6 Å². The first-order valence-corrected chi connectivity index (χ1v) is 6.68. The molecule has 0 aliphatic heterocycles. The summed E-state index contributed by atoms with van der Waals surface area (Å²) in [6.07, 6.45) is 2.93. The minimum atomic E-state index is -3.64. The summed E-state index contributed by atoms with van der Waals surface area (Å²) in [5, 5.41) is 2.92. The number of aromatic nitrogens is 2. The van der Waals surface area contributed by atoms with Crippen molar-refractivity contribution in [1.82, 2.24) is 9.97 Å². The molecule has 0 saturated carbocycles. The number of nitrogens with one attached hydrogen (secondary N) is 2. The zero-order chi connectivity index (χ0) is 13.0. The first-order chi connectivity index (χ1) is 8.62. The molecule has 0 aliphatic rings. The second-order valence-corrected chi connectivity index (χ2v) is 5.13. The predicted octanol–water partition coefficient (Wildman–Crippen LogP) is 0.237. The van der Waals surface area contributed by atoms with E-state index in [1.54, 1.807) is 26.2 Å². The Balaban J connectivity index is 2.25. The van der Waals surface area contributed by atoms with Crippen LogP contribution >= 0.6 is 0 Å². The van der Waals surface area contributed by atoms with E-state index >= 15 is 0 Å². The van der Waals surface area contributed by atoms with E-state index in [1.807, 2.05) is 0 Å². The van der Waals surface area contributed by atoms with Gasteiger partial charge in [-0.25, -0.2) is 23.1 Å². The maximum atomic E-state index is 12.0. The Labute approximate surface area is 106 Å². The lowest BCUT2D eigenvalue weighted by molar-refractivity contribution is 0.601. The molecule has 0 atom stereocenters. The third-order valence-electron chi connectivity index (χ3n) is 2.24. The van der Waals surface area contributed by atoms with Gasteiger partial charge >= 0.3 is 0 Å². The van der Waals surface area contributed by atoms with Crippen LogP contribution in [0.2, 0.25) is 0 Å². The lowest BCUT2D eigenvalue weighted by atomic mass is 10.3. The topological polar surface area (TPSA) is 84.0 Å². The van der Waals surface area contributed by atoms with Crippen LogP contribution in [0.4, 0.5) is 11.6 Å². The number of benzene rings is 1. The maximum Gasteiger partial charge on any atom is 0.264 e. The second-order valence-electron chi connectivity index (χ2n) is 3.45. The molecule has 8 heteroatoms. The summed E-state index contributed by atoms with van der Waals surface area (Å²) < 4.78 is 26.3. The van der Waals surface area contributed by atoms with Crippen LogP contribution in [0.1, 0.15) is 0 Å². The van der Waals surface area contributed by atoms with Gasteiger partial charge in [0, 0.05) is 18.1 Å². The Bertz CT molecular complexity index is 616. The quantitative estimate of drug-likeness (QED) is 0.771. The molecule has 1 aromatic carbocycles. The fourth-order valence-electron chi connectivity index (χ4n) is 1.33. The van der Waals surface area contributed by atoms with Crippen LogP contribution in [-0.2, 0) is 10.0 Å². The molecule has 0 fully saturated rings. The highest BCUT2D eigenvalue weighted by molar-refractivity contribution is 7.92. The summed E-state index contributed by atoms with van der Waals surface area (Å²) in [5.74, 6) is 0.0511. The molecule has 0 saturated heterocycles. The van der Waals surface area contributed by atoms with Crippen molar-refractivity contribution in [2.45, 2.75) is 4.90 Å². The van der Waals surface area contributed by atoms with Gasteiger partial charge in [-0.1, -0.05) is 0 Å². The first kappa shape index (κ1) is 12.4. The summed E-state index contributed by atoms with van der Waals surface area (Å²) in [5.41, 5.74) is 0.838. The zero-order valence-electron chi connectivity index (χ0n) is 9.66. The average molecular weight is 262 g/mol. The van der Waals surface area contributed by atoms with Crippen LogP contribution in [0.5, 0.6) is 0 Å². The third-order valence-corrected chi connectivity index (χ3v) is 3.59. The van der Waals surface area contributed by atoms with E-state index in [0.717, 1.165) is 5.69 Å². The van der Waals surface area contributed by atoms with Gasteiger partial charge in [0.25, 0.3) is 10.0 Å². The standard InChI is InChI=1S/C10H11BN4O2S/c11-14-8-2-4-9(5-3-8)18(16,17)15-10-12-6-1-7-13-10/h1-7,14H,11H2,(H,12,13,15). The van der Waals surface area contributed by atoms with Gasteiger partial charge in [-0.3, -0.25) is 0 Å². The summed E-state index contributed by atoms with van der Waals surface area (Å²) in [4.78, 5) is 7.78. The number of hydrogen-bond acceptors (Lipinski definition) is 5. The first-order valence-electron chi connectivity index (χ1n) is 5.19. The van der Waals surface area contributed by atoms with Crippen molar-refractivity contribution in [1.29, 1.82) is 0 Å². The fraction of sp³-hybridized carbons (Fsp3) is 0. The molecular formula is C10H11BN4O2S. The average Bonchev–Trinajstić information content (AvgIpc) is 2.39. The molecule has 6 nitrogen and oxygen atoms in total. The second kappa shape index (κ2) is 5.05. The molecule has 0 bridgehead atoms. The lowest BCUT2D eigenvalue weighted by Crippen LogP contribution is -2.14. The highest BCUT2D eigenvalue weighted by atomic mass is 32.2. The molecule has 0 unspecified atom stereocenters. The molecule has 0 spiro atoms. The van der Waals surface area contributed by atoms with E-state index < -0.39 is 10.0 Å². The fourth-order valence-corrected chi connectivity index (χ4v) is 2.29. The van der Waals surface area contributed by atoms with E-state index in [4.69, 9.17) is 0 Å². The predicted molar refractivity (Wildman–Crippen MR) is 71.4 cm³/mol. The number of hydrogen-bond donors (Lipinski definition) is 2. The Kier molecular flexibility index (Phi) is 3.47. The summed E-state index contributed by atoms with van der Waals surface area (Å²) in [6, 6.07) is 7.99. The van der Waals surface area contributed by atoms with Crippen LogP contribution in [-0.4, -0.2) is 26.4 Å². The van der Waals surface area contributed by atoms with Gasteiger partial charge in [-0.15, -0.1) is 0 Å². The van der Waals surface area contributed by atoms with E-state index in [9.17, 15) is 8.42 Å². The lowest BCUT2D eigenvalue weighted by Gasteiger charge is -2.07. The smallest absolute Gasteiger partial charge is 0.264 e. The SMILES string of the molecule is BNc1ccc(S(=O)(=O)Nc2ncccn2)cc1. The van der Waals surface area contributed by atoms with Gasteiger partial charge < -0.3 is 5.23 Å². The highest BCUT2D eigenvalue weighted by Crippen LogP contribution is 2.15. The summed E-state index contributed by atoms with van der Waals surface area (Å²) in [7, 11) is -1.88. The molecule has 2 N–H and O–H groups in total. The van der Waals surface area contributed by atoms with Gasteiger partial charge in [0.05, 0.1) is 4.90 Å². The van der Waals surface area contributed by atoms with Crippen molar-refractivity contribution in [2.75, 3.05) is 9.95 Å². The Morgan fingerprint density at radius 2 is 1.67 bits per heavy atom. The van der Waals surface area contributed by atoms with Gasteiger partial charge in [0.1, 0.15) is 0 Å². The molecule has 1 heterocycles. The van der Waals surface area contributed by atoms with Crippen molar-refractivity contribution < 1.29 is 8.42 Å². The largest absolute Gasteiger partial charge is 0.434 e. The van der Waals surface area contributed by atoms with Crippen LogP contribution in [0.25, 0.3) is 0 Å². The van der Waals surface area contributed by atoms with Crippen LogP contribution < -0.4 is 9.95 Å². The van der Waals surface area contributed by atoms with E-state index in [1.165, 1.54) is 24.5 Å². The molecule has 0 radical (unpaired) electrons. The van der Waals surface area contributed by atoms with Crippen molar-refractivity contribution in [2.24, 2.45) is 0 Å². The molecule has 2 aromatic rings. The summed E-state index contributed by atoms with van der Waals surface area (Å²) in [6.45, 7) is 0. The third kappa shape index (κ3) is 2.78. The highest BCUT2D eigenvalue weighted by Gasteiger charge is 2.14. The minimum Gasteiger partial charge on any atom is -0.434 e. The molecule has 18 heavy (non-hydrogen) atoms. The Morgan fingerprint density at radius 1 is 1.06 bits per heavy atom. The molecule has 1 aromatic heterocycles. The van der Waals surface area contributed by atoms with E-state index in [-0.39, 0.29) is 10.8 Å². The van der Waals surface area contributed by atoms with Gasteiger partial charge in [0.2, 0.25) is 13.9 Å². The van der Waals surface area contributed by atoms with E-state index in [2.05, 4.69) is 19.9 Å². The number of rotatable bonds is 4. The molecule has 0 aliphatic carbocycles. The zero-order valence-corrected chi connectivity index (χ0v) is 10.5. The van der Waals surface area contributed by atoms with Crippen LogP contribution in [0, 0.1) is 0 Å². The van der Waals surface area contributed by atoms with Gasteiger partial charge in [0.15, 0.2) is 0 Å². The normalized spacial score (nSPS) is 10.9.